The van der Waals surface area contributed by atoms with Gasteiger partial charge in [-0.25, -0.2) is 14.0 Å². The average Bonchev–Trinajstić information content (AvgIpc) is 3.54. The number of nitrogens with one attached hydrogen (secondary N) is 1. The highest BCUT2D eigenvalue weighted by Gasteiger charge is 2.49. The van der Waals surface area contributed by atoms with Crippen LogP contribution in [0.4, 0.5) is 9.18 Å². The Morgan fingerprint density at radius 2 is 1.65 bits per heavy atom. The van der Waals surface area contributed by atoms with Crippen molar-refractivity contribution in [3.8, 4) is 23.0 Å². The smallest absolute Gasteiger partial charge is 0.497 e. The molecule has 274 valence electrons. The van der Waals surface area contributed by atoms with E-state index in [4.69, 9.17) is 33.2 Å². The molecule has 0 spiro atoms. The molecule has 52 heavy (non-hydrogen) atoms. The molecule has 0 bridgehead atoms. The van der Waals surface area contributed by atoms with Gasteiger partial charge in [0.05, 0.1) is 46.0 Å². The maximum atomic E-state index is 13.6. The first-order chi connectivity index (χ1) is 25.2. The van der Waals surface area contributed by atoms with Crippen LogP contribution in [-0.4, -0.2) is 75.6 Å². The second kappa shape index (κ2) is 14.7. The van der Waals surface area contributed by atoms with Gasteiger partial charge in [0.15, 0.2) is 11.5 Å². The molecule has 0 unspecified atom stereocenters. The minimum atomic E-state index is -1.05. The van der Waals surface area contributed by atoms with Crippen LogP contribution in [0.25, 0.3) is 10.9 Å². The SMILES string of the molecule is COC(=O)[C@@H]1C[C@H](OC(=O)c2cc(OC)c(OC(=O)OCc3ccc(F)cc3)c(OC)c2)C[C@@H]2CN3CCc4c([nH]c5cc(OC)ccc45)[C@H]3C[C@@H]21. The Balaban J connectivity index is 1.05. The third-order valence-corrected chi connectivity index (χ3v) is 10.7. The highest BCUT2D eigenvalue weighted by Crippen LogP contribution is 2.50. The van der Waals surface area contributed by atoms with Crippen molar-refractivity contribution in [2.75, 3.05) is 41.5 Å². The Bertz CT molecular complexity index is 1950. The van der Waals surface area contributed by atoms with Crippen molar-refractivity contribution < 1.29 is 51.9 Å². The fourth-order valence-corrected chi connectivity index (χ4v) is 8.21. The number of hydrogen-bond acceptors (Lipinski definition) is 11. The van der Waals surface area contributed by atoms with Crippen molar-refractivity contribution >= 4 is 29.0 Å². The molecule has 1 saturated heterocycles. The van der Waals surface area contributed by atoms with Crippen LogP contribution in [0.15, 0.2) is 54.6 Å². The van der Waals surface area contributed by atoms with Crippen LogP contribution < -0.4 is 18.9 Å². The molecule has 0 amide bonds. The van der Waals surface area contributed by atoms with Gasteiger partial charge in [-0.2, -0.15) is 0 Å². The molecule has 1 N–H and O–H groups in total. The molecule has 2 fully saturated rings. The summed E-state index contributed by atoms with van der Waals surface area (Å²) in [6.45, 7) is 1.50. The number of rotatable bonds is 9. The van der Waals surface area contributed by atoms with Crippen LogP contribution in [0.3, 0.4) is 0 Å². The van der Waals surface area contributed by atoms with Gasteiger partial charge in [-0.3, -0.25) is 9.69 Å². The van der Waals surface area contributed by atoms with Crippen molar-refractivity contribution in [2.24, 2.45) is 17.8 Å². The number of carbonyl (C=O) groups is 3. The largest absolute Gasteiger partial charge is 0.514 e. The third-order valence-electron chi connectivity index (χ3n) is 10.7. The Hall–Kier alpha value is -5.30. The van der Waals surface area contributed by atoms with E-state index < -0.39 is 30.0 Å². The molecule has 3 aliphatic rings. The number of esters is 2. The van der Waals surface area contributed by atoms with Crippen molar-refractivity contribution in [2.45, 2.75) is 44.4 Å². The number of halogens is 1. The van der Waals surface area contributed by atoms with Crippen LogP contribution in [0, 0.1) is 23.6 Å². The van der Waals surface area contributed by atoms with E-state index in [-0.39, 0.29) is 53.3 Å². The quantitative estimate of drug-likeness (QED) is 0.117. The molecular formula is C39H41FN2O10. The molecule has 3 aromatic carbocycles. The number of H-pyrrole nitrogens is 1. The summed E-state index contributed by atoms with van der Waals surface area (Å²) in [4.78, 5) is 45.6. The van der Waals surface area contributed by atoms with Crippen LogP contribution in [0.1, 0.15) is 52.5 Å². The summed E-state index contributed by atoms with van der Waals surface area (Å²) in [6.07, 6.45) is 1.03. The summed E-state index contributed by atoms with van der Waals surface area (Å²) in [5, 5.41) is 1.20. The second-order valence-corrected chi connectivity index (χ2v) is 13.5. The number of aromatic amines is 1. The van der Waals surface area contributed by atoms with Crippen LogP contribution in [0.2, 0.25) is 0 Å². The predicted octanol–water partition coefficient (Wildman–Crippen LogP) is 6.39. The number of fused-ring (bicyclic) bond motifs is 6. The molecule has 1 aromatic heterocycles. The minimum absolute atomic E-state index is 0.0411. The van der Waals surface area contributed by atoms with Gasteiger partial charge in [0.25, 0.3) is 0 Å². The van der Waals surface area contributed by atoms with Crippen molar-refractivity contribution in [1.82, 2.24) is 9.88 Å². The van der Waals surface area contributed by atoms with Gasteiger partial charge in [0.2, 0.25) is 5.75 Å². The van der Waals surface area contributed by atoms with Gasteiger partial charge < -0.3 is 38.1 Å². The number of aromatic nitrogens is 1. The summed E-state index contributed by atoms with van der Waals surface area (Å²) in [6, 6.07) is 14.5. The summed E-state index contributed by atoms with van der Waals surface area (Å²) >= 11 is 0. The van der Waals surface area contributed by atoms with Gasteiger partial charge in [0.1, 0.15) is 24.3 Å². The lowest BCUT2D eigenvalue weighted by Crippen LogP contribution is -2.52. The van der Waals surface area contributed by atoms with Gasteiger partial charge in [-0.05, 0) is 85.0 Å². The van der Waals surface area contributed by atoms with Crippen molar-refractivity contribution in [3.05, 3.63) is 82.8 Å². The van der Waals surface area contributed by atoms with Crippen LogP contribution in [0.5, 0.6) is 23.0 Å². The number of carbonyl (C=O) groups excluding carboxylic acids is 3. The van der Waals surface area contributed by atoms with Gasteiger partial charge >= 0.3 is 18.1 Å². The highest BCUT2D eigenvalue weighted by atomic mass is 19.1. The zero-order valence-electron chi connectivity index (χ0n) is 29.4. The Morgan fingerprint density at radius 1 is 0.904 bits per heavy atom. The fourth-order valence-electron chi connectivity index (χ4n) is 8.21. The maximum Gasteiger partial charge on any atom is 0.514 e. The normalized spacial score (nSPS) is 22.3. The van der Waals surface area contributed by atoms with Crippen LogP contribution >= 0.6 is 0 Å². The van der Waals surface area contributed by atoms with Crippen molar-refractivity contribution in [3.63, 3.8) is 0 Å². The van der Waals surface area contributed by atoms with E-state index in [1.807, 2.05) is 12.1 Å². The average molecular weight is 717 g/mol. The number of ether oxygens (including phenoxy) is 7. The molecule has 13 heteroatoms. The maximum absolute atomic E-state index is 13.6. The zero-order chi connectivity index (χ0) is 36.5. The summed E-state index contributed by atoms with van der Waals surface area (Å²) < 4.78 is 51.5. The lowest BCUT2D eigenvalue weighted by Gasteiger charge is -2.51. The second-order valence-electron chi connectivity index (χ2n) is 13.5. The minimum Gasteiger partial charge on any atom is -0.497 e. The molecule has 1 aliphatic carbocycles. The molecule has 12 nitrogen and oxygen atoms in total. The first-order valence-electron chi connectivity index (χ1n) is 17.3. The highest BCUT2D eigenvalue weighted by molar-refractivity contribution is 5.91. The Kier molecular flexibility index (Phi) is 9.96. The van der Waals surface area contributed by atoms with E-state index in [0.717, 1.165) is 37.2 Å². The van der Waals surface area contributed by atoms with E-state index in [1.165, 1.54) is 74.4 Å². The van der Waals surface area contributed by atoms with E-state index in [1.54, 1.807) is 7.11 Å². The topological polar surface area (TPSA) is 135 Å². The van der Waals surface area contributed by atoms with Gasteiger partial charge in [-0.15, -0.1) is 0 Å². The summed E-state index contributed by atoms with van der Waals surface area (Å²) in [5.41, 5.74) is 4.23. The Labute approximate surface area is 300 Å². The molecule has 5 atom stereocenters. The molecule has 2 aliphatic heterocycles. The monoisotopic (exact) mass is 716 g/mol. The molecule has 1 saturated carbocycles. The molecule has 3 heterocycles. The number of nitrogens with zero attached hydrogens (tertiary/aromatic N) is 1. The first-order valence-corrected chi connectivity index (χ1v) is 17.3. The van der Waals surface area contributed by atoms with Crippen LogP contribution in [-0.2, 0) is 32.0 Å². The molecule has 7 rings (SSSR count). The number of piperidine rings is 1. The number of hydrogen-bond donors (Lipinski definition) is 1. The number of benzene rings is 3. The molecular weight excluding hydrogens is 675 g/mol. The van der Waals surface area contributed by atoms with Gasteiger partial charge in [0, 0.05) is 35.8 Å². The summed E-state index contributed by atoms with van der Waals surface area (Å²) in [7, 11) is 5.77. The standard InChI is InChI=1S/C39H41FN2O10/c1-46-25-9-10-27-28-11-12-42-19-23-13-26(16-30(38(44)49-4)29(23)18-32(42)35(28)41-31(27)17-25)51-37(43)22-14-33(47-2)36(34(15-22)48-3)52-39(45)50-20-21-5-7-24(40)8-6-21/h5-10,14-15,17,23,26,29-30,32,41H,11-13,16,18-20H2,1-4H3/t23-,26-,29+,30-,32-/m1/s1. The molecule has 0 radical (unpaired) electrons. The lowest BCUT2D eigenvalue weighted by molar-refractivity contribution is -0.155. The van der Waals surface area contributed by atoms with E-state index in [0.29, 0.717) is 18.4 Å². The fraction of sp³-hybridized carbons (Fsp3) is 0.410. The van der Waals surface area contributed by atoms with Gasteiger partial charge in [-0.1, -0.05) is 12.1 Å². The zero-order valence-corrected chi connectivity index (χ0v) is 29.4. The van der Waals surface area contributed by atoms with E-state index >= 15 is 0 Å². The van der Waals surface area contributed by atoms with E-state index in [9.17, 15) is 18.8 Å². The predicted molar refractivity (Wildman–Crippen MR) is 185 cm³/mol. The van der Waals surface area contributed by atoms with Crippen molar-refractivity contribution in [1.29, 1.82) is 0 Å². The van der Waals surface area contributed by atoms with E-state index in [2.05, 4.69) is 16.0 Å². The summed E-state index contributed by atoms with van der Waals surface area (Å²) in [5.74, 6) is -0.853. The first kappa shape index (κ1) is 35.1. The lowest BCUT2D eigenvalue weighted by atomic mass is 9.65. The Morgan fingerprint density at radius 3 is 2.35 bits per heavy atom. The number of methoxy groups -OCH3 is 4. The third kappa shape index (κ3) is 6.84. The molecule has 4 aromatic rings.